The van der Waals surface area contributed by atoms with E-state index >= 15 is 0 Å². The van der Waals surface area contributed by atoms with Gasteiger partial charge in [0.15, 0.2) is 0 Å². The Bertz CT molecular complexity index is 918. The van der Waals surface area contributed by atoms with Crippen molar-refractivity contribution in [3.63, 3.8) is 0 Å². The molecule has 170 valence electrons. The average Bonchev–Trinajstić information content (AvgIpc) is 2.76. The average molecular weight is 431 g/mol. The van der Waals surface area contributed by atoms with Crippen LogP contribution in [0.25, 0.3) is 0 Å². The minimum Gasteiger partial charge on any atom is -0.392 e. The van der Waals surface area contributed by atoms with Crippen molar-refractivity contribution in [1.82, 2.24) is 0 Å². The summed E-state index contributed by atoms with van der Waals surface area (Å²) < 4.78 is 0. The van der Waals surface area contributed by atoms with E-state index in [9.17, 15) is 4.79 Å². The van der Waals surface area contributed by atoms with Crippen LogP contribution in [0.15, 0.2) is 131 Å². The first-order chi connectivity index (χ1) is 15.3. The molecule has 0 aliphatic heterocycles. The summed E-state index contributed by atoms with van der Waals surface area (Å²) in [6.45, 7) is 12.0. The highest BCUT2D eigenvalue weighted by atomic mass is 16.3. The van der Waals surface area contributed by atoms with Crippen LogP contribution in [0.1, 0.15) is 41.5 Å². The molecule has 0 saturated carbocycles. The Morgan fingerprint density at radius 2 is 0.812 bits per heavy atom. The third-order valence-corrected chi connectivity index (χ3v) is 4.16. The van der Waals surface area contributed by atoms with E-state index in [1.54, 1.807) is 13.0 Å². The van der Waals surface area contributed by atoms with Gasteiger partial charge >= 0.3 is 0 Å². The monoisotopic (exact) mass is 430 g/mol. The van der Waals surface area contributed by atoms with Gasteiger partial charge < -0.3 is 5.11 Å². The minimum absolute atomic E-state index is 0.0891. The summed E-state index contributed by atoms with van der Waals surface area (Å²) >= 11 is 0. The number of aldehydes is 1. The first kappa shape index (κ1) is 28.8. The van der Waals surface area contributed by atoms with Gasteiger partial charge in [0.25, 0.3) is 0 Å². The van der Waals surface area contributed by atoms with Gasteiger partial charge in [-0.05, 0) is 52.7 Å². The van der Waals surface area contributed by atoms with Gasteiger partial charge in [0.2, 0.25) is 0 Å². The van der Waals surface area contributed by atoms with Gasteiger partial charge in [-0.25, -0.2) is 0 Å². The Labute approximate surface area is 195 Å². The van der Waals surface area contributed by atoms with Crippen molar-refractivity contribution in [3.05, 3.63) is 131 Å². The van der Waals surface area contributed by atoms with E-state index < -0.39 is 0 Å². The van der Waals surface area contributed by atoms with Gasteiger partial charge in [0, 0.05) is 0 Å². The Hall–Kier alpha value is -3.23. The molecular weight excluding hydrogens is 392 g/mol. The molecular formula is C30H38O2. The fourth-order valence-corrected chi connectivity index (χ4v) is 2.15. The van der Waals surface area contributed by atoms with Crippen molar-refractivity contribution in [1.29, 1.82) is 0 Å². The summed E-state index contributed by atoms with van der Waals surface area (Å²) in [6, 6.07) is 0. The summed E-state index contributed by atoms with van der Waals surface area (Å²) in [5.74, 6) is 0. The van der Waals surface area contributed by atoms with Crippen LogP contribution < -0.4 is 0 Å². The first-order valence-corrected chi connectivity index (χ1v) is 10.7. The summed E-state index contributed by atoms with van der Waals surface area (Å²) in [7, 11) is 0. The van der Waals surface area contributed by atoms with E-state index in [0.717, 1.165) is 34.2 Å². The number of hydrogen-bond acceptors (Lipinski definition) is 2. The van der Waals surface area contributed by atoms with Crippen molar-refractivity contribution in [2.45, 2.75) is 41.5 Å². The number of aliphatic hydroxyl groups is 1. The summed E-state index contributed by atoms with van der Waals surface area (Å²) in [5, 5.41) is 8.97. The van der Waals surface area contributed by atoms with E-state index in [-0.39, 0.29) is 6.61 Å². The molecule has 0 radical (unpaired) electrons. The van der Waals surface area contributed by atoms with E-state index in [1.807, 2.05) is 81.5 Å². The van der Waals surface area contributed by atoms with Crippen LogP contribution in [0.4, 0.5) is 0 Å². The van der Waals surface area contributed by atoms with Crippen molar-refractivity contribution in [3.8, 4) is 0 Å². The summed E-state index contributed by atoms with van der Waals surface area (Å²) in [5.41, 5.74) is 6.22. The molecule has 0 rings (SSSR count). The lowest BCUT2D eigenvalue weighted by Gasteiger charge is -1.91. The smallest absolute Gasteiger partial charge is 0.145 e. The van der Waals surface area contributed by atoms with Crippen LogP contribution in [0.5, 0.6) is 0 Å². The maximum absolute atomic E-state index is 10.5. The molecule has 0 saturated heterocycles. The van der Waals surface area contributed by atoms with Gasteiger partial charge in [-0.1, -0.05) is 120 Å². The van der Waals surface area contributed by atoms with Gasteiger partial charge in [-0.2, -0.15) is 0 Å². The standard InChI is InChI=1S/C30H38O2/c1-25(15-9-17-27(3)19-11-21-29(5)23-31)13-7-8-14-26(2)16-10-18-28(4)20-12-22-30(6)24-32/h7-23,32H,24H2,1-6H3/b8-7+,15-9+,16-10+,19-11+,20-12+,25-13+,26-14+,27-17+,28-18+,29-21+,30-22+. The number of hydrogen-bond donors (Lipinski definition) is 1. The van der Waals surface area contributed by atoms with Crippen LogP contribution in [0, 0.1) is 0 Å². The molecule has 0 atom stereocenters. The Balaban J connectivity index is 4.71. The van der Waals surface area contributed by atoms with Gasteiger partial charge in [0.1, 0.15) is 6.29 Å². The first-order valence-electron chi connectivity index (χ1n) is 10.7. The molecule has 2 nitrogen and oxygen atoms in total. The third-order valence-electron chi connectivity index (χ3n) is 4.16. The molecule has 1 N–H and O–H groups in total. The second-order valence-electron chi connectivity index (χ2n) is 7.66. The quantitative estimate of drug-likeness (QED) is 0.196. The lowest BCUT2D eigenvalue weighted by atomic mass is 10.2. The zero-order valence-electron chi connectivity index (χ0n) is 20.4. The zero-order chi connectivity index (χ0) is 24.2. The molecule has 0 aromatic heterocycles. The van der Waals surface area contributed by atoms with Crippen molar-refractivity contribution >= 4 is 6.29 Å². The van der Waals surface area contributed by atoms with Crippen molar-refractivity contribution < 1.29 is 9.90 Å². The molecule has 0 heterocycles. The Morgan fingerprint density at radius 1 is 0.500 bits per heavy atom. The maximum atomic E-state index is 10.5. The zero-order valence-corrected chi connectivity index (χ0v) is 20.4. The fourth-order valence-electron chi connectivity index (χ4n) is 2.15. The van der Waals surface area contributed by atoms with Crippen LogP contribution >= 0.6 is 0 Å². The minimum atomic E-state index is 0.0891. The number of carbonyl (C=O) groups excluding carboxylic acids is 1. The molecule has 0 bridgehead atoms. The second-order valence-corrected chi connectivity index (χ2v) is 7.66. The second kappa shape index (κ2) is 18.5. The number of allylic oxidation sites excluding steroid dienone is 21. The van der Waals surface area contributed by atoms with E-state index in [0.29, 0.717) is 5.57 Å². The molecule has 0 spiro atoms. The molecule has 0 unspecified atom stereocenters. The van der Waals surface area contributed by atoms with Crippen LogP contribution in [0.3, 0.4) is 0 Å². The highest BCUT2D eigenvalue weighted by molar-refractivity contribution is 5.72. The lowest BCUT2D eigenvalue weighted by Crippen LogP contribution is -1.81. The predicted molar refractivity (Wildman–Crippen MR) is 141 cm³/mol. The topological polar surface area (TPSA) is 37.3 Å². The SMILES string of the molecule is C\C(C=O)=C/C=C/C(C)=C/C=C/C(C)=C/C=C/C=C(C)/C=C/C=C(C)/C=C/C=C(\C)CO. The van der Waals surface area contributed by atoms with Crippen LogP contribution in [-0.4, -0.2) is 18.0 Å². The van der Waals surface area contributed by atoms with Crippen LogP contribution in [-0.2, 0) is 4.79 Å². The third kappa shape index (κ3) is 17.6. The summed E-state index contributed by atoms with van der Waals surface area (Å²) in [6.07, 6.45) is 32.8. The maximum Gasteiger partial charge on any atom is 0.145 e. The molecule has 0 aliphatic carbocycles. The van der Waals surface area contributed by atoms with Crippen LogP contribution in [0.2, 0.25) is 0 Å². The lowest BCUT2D eigenvalue weighted by molar-refractivity contribution is -0.104. The van der Waals surface area contributed by atoms with Gasteiger partial charge in [-0.15, -0.1) is 0 Å². The van der Waals surface area contributed by atoms with Crippen molar-refractivity contribution in [2.75, 3.05) is 6.61 Å². The van der Waals surface area contributed by atoms with E-state index in [1.165, 1.54) is 0 Å². The molecule has 0 aromatic carbocycles. The number of aliphatic hydroxyl groups excluding tert-OH is 1. The highest BCUT2D eigenvalue weighted by Gasteiger charge is 1.83. The normalized spacial score (nSPS) is 16.1. The Morgan fingerprint density at radius 3 is 1.16 bits per heavy atom. The van der Waals surface area contributed by atoms with E-state index in [2.05, 4.69) is 44.2 Å². The molecule has 32 heavy (non-hydrogen) atoms. The number of rotatable bonds is 12. The largest absolute Gasteiger partial charge is 0.392 e. The van der Waals surface area contributed by atoms with Crippen molar-refractivity contribution in [2.24, 2.45) is 0 Å². The fraction of sp³-hybridized carbons (Fsp3) is 0.233. The van der Waals surface area contributed by atoms with Gasteiger partial charge in [-0.3, -0.25) is 4.79 Å². The highest BCUT2D eigenvalue weighted by Crippen LogP contribution is 2.03. The predicted octanol–water partition coefficient (Wildman–Crippen LogP) is 7.64. The molecule has 0 aromatic rings. The van der Waals surface area contributed by atoms with Gasteiger partial charge in [0.05, 0.1) is 6.61 Å². The molecule has 2 heteroatoms. The summed E-state index contributed by atoms with van der Waals surface area (Å²) in [4.78, 5) is 10.5. The van der Waals surface area contributed by atoms with E-state index in [4.69, 9.17) is 5.11 Å². The Kier molecular flexibility index (Phi) is 16.7. The molecule has 0 aliphatic rings. The molecule has 0 amide bonds. The number of carbonyl (C=O) groups is 1. The molecule has 0 fully saturated rings.